The predicted octanol–water partition coefficient (Wildman–Crippen LogP) is 2.15. The number of rotatable bonds is 5. The van der Waals surface area contributed by atoms with Gasteiger partial charge in [-0.05, 0) is 18.1 Å². The normalized spacial score (nSPS) is 14.5. The number of thiophene rings is 1. The fraction of sp³-hybridized carbons (Fsp3) is 0.500. The van der Waals surface area contributed by atoms with E-state index in [9.17, 15) is 26.4 Å². The average molecular weight is 331 g/mol. The molecule has 0 radical (unpaired) electrons. The number of carboxylic acid groups (broad SMARTS) is 1. The lowest BCUT2D eigenvalue weighted by atomic mass is 10.1. The molecule has 0 spiro atoms. The van der Waals surface area contributed by atoms with Gasteiger partial charge in [-0.25, -0.2) is 8.42 Å². The van der Waals surface area contributed by atoms with E-state index in [1.54, 1.807) is 0 Å². The molecule has 1 rings (SSSR count). The summed E-state index contributed by atoms with van der Waals surface area (Å²) in [5.74, 6) is -1.94. The highest BCUT2D eigenvalue weighted by molar-refractivity contribution is 7.91. The van der Waals surface area contributed by atoms with Gasteiger partial charge >= 0.3 is 12.1 Å². The molecular formula is C10H12F3NO4S2. The molecule has 0 fully saturated rings. The van der Waals surface area contributed by atoms with E-state index in [-0.39, 0.29) is 11.3 Å². The summed E-state index contributed by atoms with van der Waals surface area (Å²) in [6, 6.07) is 0.0378. The quantitative estimate of drug-likeness (QED) is 0.866. The molecule has 10 heteroatoms. The molecule has 114 valence electrons. The molecule has 0 bridgehead atoms. The second kappa shape index (κ2) is 5.70. The maximum absolute atomic E-state index is 12.4. The highest BCUT2D eigenvalue weighted by Crippen LogP contribution is 2.36. The number of nitrogens with one attached hydrogen (secondary N) is 1. The molecule has 0 unspecified atom stereocenters. The first-order valence-electron chi connectivity index (χ1n) is 5.37. The van der Waals surface area contributed by atoms with Crippen LogP contribution in [-0.2, 0) is 21.0 Å². The number of alkyl halides is 3. The maximum atomic E-state index is 12.4. The Hall–Kier alpha value is -1.13. The topological polar surface area (TPSA) is 83.5 Å². The van der Waals surface area contributed by atoms with Crippen molar-refractivity contribution in [3.63, 3.8) is 0 Å². The zero-order chi connectivity index (χ0) is 15.7. The zero-order valence-electron chi connectivity index (χ0n) is 10.4. The van der Waals surface area contributed by atoms with Crippen molar-refractivity contribution in [2.45, 2.75) is 30.3 Å². The lowest BCUT2D eigenvalue weighted by molar-refractivity contribution is -0.140. The Kier molecular flexibility index (Phi) is 4.82. The number of carbonyl (C=O) groups is 1. The lowest BCUT2D eigenvalue weighted by Crippen LogP contribution is -2.43. The van der Waals surface area contributed by atoms with Gasteiger partial charge in [0.2, 0.25) is 0 Å². The molecule has 1 aromatic heterocycles. The van der Waals surface area contributed by atoms with Crippen molar-refractivity contribution in [2.75, 3.05) is 0 Å². The Morgan fingerprint density at radius 2 is 1.90 bits per heavy atom. The van der Waals surface area contributed by atoms with Gasteiger partial charge in [-0.1, -0.05) is 13.8 Å². The van der Waals surface area contributed by atoms with Gasteiger partial charge in [-0.15, -0.1) is 11.3 Å². The van der Waals surface area contributed by atoms with Crippen molar-refractivity contribution in [3.05, 3.63) is 17.0 Å². The Morgan fingerprint density at radius 3 is 2.25 bits per heavy atom. The molecule has 5 nitrogen and oxygen atoms in total. The summed E-state index contributed by atoms with van der Waals surface area (Å²) >= 11 is 0.0438. The molecular weight excluding hydrogens is 319 g/mol. The van der Waals surface area contributed by atoms with Crippen LogP contribution in [0, 0.1) is 5.92 Å². The zero-order valence-corrected chi connectivity index (χ0v) is 12.1. The summed E-state index contributed by atoms with van der Waals surface area (Å²) in [5.41, 5.74) is 0. The smallest absolute Gasteiger partial charge is 0.425 e. The van der Waals surface area contributed by atoms with Gasteiger partial charge in [-0.3, -0.25) is 4.79 Å². The molecule has 0 aliphatic carbocycles. The molecule has 0 amide bonds. The number of aliphatic carboxylic acids is 1. The number of halogens is 3. The van der Waals surface area contributed by atoms with Gasteiger partial charge in [0.25, 0.3) is 10.0 Å². The minimum atomic E-state index is -4.64. The maximum Gasteiger partial charge on any atom is 0.425 e. The van der Waals surface area contributed by atoms with Gasteiger partial charge in [0.15, 0.2) is 0 Å². The summed E-state index contributed by atoms with van der Waals surface area (Å²) in [4.78, 5) is 9.85. The third-order valence-corrected chi connectivity index (χ3v) is 5.40. The van der Waals surface area contributed by atoms with Crippen LogP contribution in [0.5, 0.6) is 0 Å². The summed E-state index contributed by atoms with van der Waals surface area (Å²) in [6.07, 6.45) is -4.64. The van der Waals surface area contributed by atoms with Crippen molar-refractivity contribution in [2.24, 2.45) is 5.92 Å². The lowest BCUT2D eigenvalue weighted by Gasteiger charge is -2.17. The number of carboxylic acids is 1. The van der Waals surface area contributed by atoms with Gasteiger partial charge in [0.1, 0.15) is 15.1 Å². The standard InChI is InChI=1S/C10H12F3NO4S2/c1-5(2)8(9(15)16)14-20(17,18)7-4-3-6(19-7)10(11,12)13/h3-5,8,14H,1-2H3,(H,15,16)/t8-/m1/s1. The Balaban J connectivity index is 3.05. The minimum absolute atomic E-state index is 0.0438. The first-order valence-corrected chi connectivity index (χ1v) is 7.67. The van der Waals surface area contributed by atoms with Crippen LogP contribution in [0.15, 0.2) is 16.3 Å². The third-order valence-electron chi connectivity index (χ3n) is 2.34. The van der Waals surface area contributed by atoms with Gasteiger partial charge < -0.3 is 5.11 Å². The van der Waals surface area contributed by atoms with Crippen LogP contribution in [0.4, 0.5) is 13.2 Å². The van der Waals surface area contributed by atoms with E-state index >= 15 is 0 Å². The van der Waals surface area contributed by atoms with E-state index in [1.807, 2.05) is 4.72 Å². The average Bonchev–Trinajstić information content (AvgIpc) is 2.74. The summed E-state index contributed by atoms with van der Waals surface area (Å²) in [7, 11) is -4.30. The SMILES string of the molecule is CC(C)[C@@H](NS(=O)(=O)c1ccc(C(F)(F)F)s1)C(=O)O. The van der Waals surface area contributed by atoms with Crippen LogP contribution in [0.2, 0.25) is 0 Å². The molecule has 1 atom stereocenters. The van der Waals surface area contributed by atoms with E-state index in [0.717, 1.165) is 6.07 Å². The first-order chi connectivity index (χ1) is 8.95. The molecule has 0 saturated carbocycles. The molecule has 2 N–H and O–H groups in total. The van der Waals surface area contributed by atoms with Crippen LogP contribution < -0.4 is 4.72 Å². The number of hydrogen-bond donors (Lipinski definition) is 2. The number of sulfonamides is 1. The Morgan fingerprint density at radius 1 is 1.35 bits per heavy atom. The molecule has 0 saturated heterocycles. The van der Waals surface area contributed by atoms with Crippen molar-refractivity contribution >= 4 is 27.3 Å². The van der Waals surface area contributed by atoms with E-state index in [2.05, 4.69) is 0 Å². The van der Waals surface area contributed by atoms with E-state index < -0.39 is 43.2 Å². The Bertz CT molecular complexity index is 592. The molecule has 0 aliphatic rings. The second-order valence-corrected chi connectivity index (χ2v) is 7.32. The fourth-order valence-corrected chi connectivity index (χ4v) is 3.84. The molecule has 0 aromatic carbocycles. The van der Waals surface area contributed by atoms with E-state index in [0.29, 0.717) is 6.07 Å². The second-order valence-electron chi connectivity index (χ2n) is 4.30. The van der Waals surface area contributed by atoms with Crippen molar-refractivity contribution in [1.82, 2.24) is 4.72 Å². The predicted molar refractivity (Wildman–Crippen MR) is 65.9 cm³/mol. The van der Waals surface area contributed by atoms with Crippen molar-refractivity contribution < 1.29 is 31.5 Å². The first kappa shape index (κ1) is 16.9. The fourth-order valence-electron chi connectivity index (χ4n) is 1.31. The van der Waals surface area contributed by atoms with Crippen LogP contribution in [0.1, 0.15) is 18.7 Å². The third kappa shape index (κ3) is 3.93. The molecule has 1 heterocycles. The van der Waals surface area contributed by atoms with Crippen LogP contribution >= 0.6 is 11.3 Å². The van der Waals surface area contributed by atoms with E-state index in [4.69, 9.17) is 5.11 Å². The van der Waals surface area contributed by atoms with Gasteiger partial charge in [0, 0.05) is 0 Å². The summed E-state index contributed by atoms with van der Waals surface area (Å²) in [6.45, 7) is 2.97. The van der Waals surface area contributed by atoms with Crippen LogP contribution in [0.3, 0.4) is 0 Å². The number of hydrogen-bond acceptors (Lipinski definition) is 4. The molecule has 1 aromatic rings. The highest BCUT2D eigenvalue weighted by atomic mass is 32.2. The Labute approximate surface area is 117 Å². The monoisotopic (exact) mass is 331 g/mol. The van der Waals surface area contributed by atoms with Crippen LogP contribution in [0.25, 0.3) is 0 Å². The van der Waals surface area contributed by atoms with E-state index in [1.165, 1.54) is 13.8 Å². The summed E-state index contributed by atoms with van der Waals surface area (Å²) in [5, 5.41) is 8.88. The van der Waals surface area contributed by atoms with Crippen molar-refractivity contribution in [1.29, 1.82) is 0 Å². The van der Waals surface area contributed by atoms with Crippen molar-refractivity contribution in [3.8, 4) is 0 Å². The highest BCUT2D eigenvalue weighted by Gasteiger charge is 2.35. The largest absolute Gasteiger partial charge is 0.480 e. The molecule has 20 heavy (non-hydrogen) atoms. The van der Waals surface area contributed by atoms with Gasteiger partial charge in [-0.2, -0.15) is 17.9 Å². The minimum Gasteiger partial charge on any atom is -0.480 e. The molecule has 0 aliphatic heterocycles. The summed E-state index contributed by atoms with van der Waals surface area (Å²) < 4.78 is 62.3. The van der Waals surface area contributed by atoms with Crippen LogP contribution in [-0.4, -0.2) is 25.5 Å². The van der Waals surface area contributed by atoms with Gasteiger partial charge in [0.05, 0.1) is 0 Å².